The Kier molecular flexibility index (Phi) is 4.04. The third-order valence-corrected chi connectivity index (χ3v) is 3.73. The van der Waals surface area contributed by atoms with E-state index in [2.05, 4.69) is 35.8 Å². The van der Waals surface area contributed by atoms with Crippen molar-refractivity contribution in [1.82, 2.24) is 0 Å². The molecule has 18 heavy (non-hydrogen) atoms. The normalized spacial score (nSPS) is 10.4. The summed E-state index contributed by atoms with van der Waals surface area (Å²) in [4.78, 5) is 0. The Bertz CT molecular complexity index is 566. The van der Waals surface area contributed by atoms with Gasteiger partial charge in [-0.05, 0) is 49.2 Å². The van der Waals surface area contributed by atoms with Crippen molar-refractivity contribution in [1.29, 1.82) is 0 Å². The van der Waals surface area contributed by atoms with E-state index in [-0.39, 0.29) is 0 Å². The van der Waals surface area contributed by atoms with E-state index in [1.807, 2.05) is 30.3 Å². The van der Waals surface area contributed by atoms with Crippen LogP contribution in [0.2, 0.25) is 0 Å². The number of aryl methyl sites for hydroxylation is 2. The minimum absolute atomic E-state index is 0.446. The van der Waals surface area contributed by atoms with Gasteiger partial charge in [0.05, 0.1) is 0 Å². The van der Waals surface area contributed by atoms with Crippen molar-refractivity contribution in [2.45, 2.75) is 20.4 Å². The topological polar surface area (TPSA) is 35.2 Å². The molecule has 0 aromatic heterocycles. The van der Waals surface area contributed by atoms with Gasteiger partial charge in [0.15, 0.2) is 0 Å². The number of nitrogens with two attached hydrogens (primary N) is 1. The monoisotopic (exact) mass is 305 g/mol. The molecule has 2 aromatic carbocycles. The Morgan fingerprint density at radius 1 is 1.11 bits per heavy atom. The summed E-state index contributed by atoms with van der Waals surface area (Å²) in [5, 5.41) is 0. The molecule has 0 heterocycles. The average Bonchev–Trinajstić information content (AvgIpc) is 2.34. The van der Waals surface area contributed by atoms with Crippen LogP contribution in [0.3, 0.4) is 0 Å². The highest BCUT2D eigenvalue weighted by Crippen LogP contribution is 2.30. The van der Waals surface area contributed by atoms with Gasteiger partial charge in [-0.1, -0.05) is 28.1 Å². The molecule has 0 fully saturated rings. The van der Waals surface area contributed by atoms with Crippen molar-refractivity contribution in [2.24, 2.45) is 5.73 Å². The summed E-state index contributed by atoms with van der Waals surface area (Å²) in [7, 11) is 0. The molecule has 0 amide bonds. The summed E-state index contributed by atoms with van der Waals surface area (Å²) in [6.07, 6.45) is 0. The van der Waals surface area contributed by atoms with Gasteiger partial charge < -0.3 is 10.5 Å². The van der Waals surface area contributed by atoms with Crippen molar-refractivity contribution < 1.29 is 4.74 Å². The molecular weight excluding hydrogens is 290 g/mol. The Morgan fingerprint density at radius 2 is 1.89 bits per heavy atom. The van der Waals surface area contributed by atoms with Crippen molar-refractivity contribution in [3.05, 3.63) is 57.6 Å². The highest BCUT2D eigenvalue weighted by molar-refractivity contribution is 9.10. The lowest BCUT2D eigenvalue weighted by Crippen LogP contribution is -2.00. The van der Waals surface area contributed by atoms with E-state index in [4.69, 9.17) is 10.5 Å². The van der Waals surface area contributed by atoms with Crippen molar-refractivity contribution in [2.75, 3.05) is 0 Å². The lowest BCUT2D eigenvalue weighted by molar-refractivity contribution is 0.475. The molecule has 0 aliphatic rings. The molecule has 0 saturated heterocycles. The molecule has 0 aliphatic heterocycles. The lowest BCUT2D eigenvalue weighted by Gasteiger charge is -2.12. The predicted molar refractivity (Wildman–Crippen MR) is 78.0 cm³/mol. The Hall–Kier alpha value is -1.32. The summed E-state index contributed by atoms with van der Waals surface area (Å²) in [6, 6.07) is 11.9. The number of rotatable bonds is 3. The maximum Gasteiger partial charge on any atom is 0.133 e. The number of benzene rings is 2. The van der Waals surface area contributed by atoms with Gasteiger partial charge in [0.1, 0.15) is 11.5 Å². The maximum absolute atomic E-state index is 5.91. The second-order valence-corrected chi connectivity index (χ2v) is 5.12. The quantitative estimate of drug-likeness (QED) is 0.916. The minimum atomic E-state index is 0.446. The Balaban J connectivity index is 2.34. The van der Waals surface area contributed by atoms with E-state index in [1.54, 1.807) is 0 Å². The summed E-state index contributed by atoms with van der Waals surface area (Å²) in [5.74, 6) is 1.64. The van der Waals surface area contributed by atoms with Crippen LogP contribution in [0.5, 0.6) is 11.5 Å². The number of hydrogen-bond acceptors (Lipinski definition) is 2. The van der Waals surface area contributed by atoms with Crippen LogP contribution in [0.15, 0.2) is 40.9 Å². The van der Waals surface area contributed by atoms with Crippen LogP contribution >= 0.6 is 15.9 Å². The van der Waals surface area contributed by atoms with Gasteiger partial charge in [0.2, 0.25) is 0 Å². The van der Waals surface area contributed by atoms with E-state index in [1.165, 1.54) is 11.1 Å². The first kappa shape index (κ1) is 13.1. The Labute approximate surface area is 116 Å². The Morgan fingerprint density at radius 3 is 2.56 bits per heavy atom. The predicted octanol–water partition coefficient (Wildman–Crippen LogP) is 4.32. The third-order valence-electron chi connectivity index (χ3n) is 2.99. The smallest absolute Gasteiger partial charge is 0.133 e. The minimum Gasteiger partial charge on any atom is -0.457 e. The van der Waals surface area contributed by atoms with Crippen LogP contribution < -0.4 is 10.5 Å². The lowest BCUT2D eigenvalue weighted by atomic mass is 10.1. The molecule has 2 nitrogen and oxygen atoms in total. The van der Waals surface area contributed by atoms with E-state index in [0.717, 1.165) is 21.5 Å². The molecule has 0 unspecified atom stereocenters. The highest BCUT2D eigenvalue weighted by Gasteiger charge is 2.07. The highest BCUT2D eigenvalue weighted by atomic mass is 79.9. The second kappa shape index (κ2) is 5.55. The van der Waals surface area contributed by atoms with E-state index in [0.29, 0.717) is 6.54 Å². The zero-order valence-electron chi connectivity index (χ0n) is 10.5. The first-order chi connectivity index (χ1) is 8.61. The van der Waals surface area contributed by atoms with Gasteiger partial charge in [0, 0.05) is 16.6 Å². The molecule has 2 aromatic rings. The number of halogens is 1. The summed E-state index contributed by atoms with van der Waals surface area (Å²) in [6.45, 7) is 4.61. The zero-order chi connectivity index (χ0) is 13.1. The third kappa shape index (κ3) is 2.74. The molecular formula is C15H16BrNO. The molecule has 0 saturated carbocycles. The van der Waals surface area contributed by atoms with Crippen LogP contribution in [0.25, 0.3) is 0 Å². The van der Waals surface area contributed by atoms with Crippen molar-refractivity contribution in [3.63, 3.8) is 0 Å². The SMILES string of the molecule is Cc1ccc(Oc2cccc(Br)c2CN)cc1C. The molecule has 2 rings (SSSR count). The van der Waals surface area contributed by atoms with E-state index < -0.39 is 0 Å². The van der Waals surface area contributed by atoms with Crippen molar-refractivity contribution in [3.8, 4) is 11.5 Å². The van der Waals surface area contributed by atoms with Gasteiger partial charge in [-0.3, -0.25) is 0 Å². The van der Waals surface area contributed by atoms with E-state index in [9.17, 15) is 0 Å². The van der Waals surface area contributed by atoms with Crippen LogP contribution in [0.1, 0.15) is 16.7 Å². The molecule has 0 atom stereocenters. The summed E-state index contributed by atoms with van der Waals surface area (Å²) < 4.78 is 6.89. The van der Waals surface area contributed by atoms with Crippen LogP contribution in [0.4, 0.5) is 0 Å². The average molecular weight is 306 g/mol. The van der Waals surface area contributed by atoms with Gasteiger partial charge >= 0.3 is 0 Å². The first-order valence-electron chi connectivity index (χ1n) is 5.84. The second-order valence-electron chi connectivity index (χ2n) is 4.27. The largest absolute Gasteiger partial charge is 0.457 e. The van der Waals surface area contributed by atoms with Crippen molar-refractivity contribution >= 4 is 15.9 Å². The van der Waals surface area contributed by atoms with Gasteiger partial charge in [-0.2, -0.15) is 0 Å². The summed E-state index contributed by atoms with van der Waals surface area (Å²) >= 11 is 3.49. The molecule has 3 heteroatoms. The molecule has 2 N–H and O–H groups in total. The van der Waals surface area contributed by atoms with Gasteiger partial charge in [-0.25, -0.2) is 0 Å². The fraction of sp³-hybridized carbons (Fsp3) is 0.200. The van der Waals surface area contributed by atoms with E-state index >= 15 is 0 Å². The maximum atomic E-state index is 5.91. The van der Waals surface area contributed by atoms with Crippen LogP contribution in [0, 0.1) is 13.8 Å². The molecule has 0 spiro atoms. The van der Waals surface area contributed by atoms with Crippen LogP contribution in [-0.2, 0) is 6.54 Å². The van der Waals surface area contributed by atoms with Gasteiger partial charge in [0.25, 0.3) is 0 Å². The first-order valence-corrected chi connectivity index (χ1v) is 6.63. The standard InChI is InChI=1S/C15H16BrNO/c1-10-6-7-12(8-11(10)2)18-15-5-3-4-14(16)13(15)9-17/h3-8H,9,17H2,1-2H3. The fourth-order valence-corrected chi connectivity index (χ4v) is 2.25. The molecule has 0 radical (unpaired) electrons. The van der Waals surface area contributed by atoms with Gasteiger partial charge in [-0.15, -0.1) is 0 Å². The summed E-state index contributed by atoms with van der Waals surface area (Å²) in [5.41, 5.74) is 9.21. The molecule has 94 valence electrons. The number of ether oxygens (including phenoxy) is 1. The zero-order valence-corrected chi connectivity index (χ0v) is 12.1. The van der Waals surface area contributed by atoms with Crippen LogP contribution in [-0.4, -0.2) is 0 Å². The molecule has 0 bridgehead atoms. The number of hydrogen-bond donors (Lipinski definition) is 1. The fourth-order valence-electron chi connectivity index (χ4n) is 1.74. The molecule has 0 aliphatic carbocycles.